The third kappa shape index (κ3) is 4.31. The second-order valence-corrected chi connectivity index (χ2v) is 9.03. The zero-order valence-electron chi connectivity index (χ0n) is 18.3. The SMILES string of the molecule is C#Cc1cccc(Nc2ncnc3ccc(CC(=O)N4CCC5CCCCC5C4)cc23)c1. The van der Waals surface area contributed by atoms with Gasteiger partial charge >= 0.3 is 0 Å². The van der Waals surface area contributed by atoms with E-state index in [2.05, 4.69) is 26.1 Å². The predicted molar refractivity (Wildman–Crippen MR) is 128 cm³/mol. The van der Waals surface area contributed by atoms with E-state index < -0.39 is 0 Å². The molecule has 0 radical (unpaired) electrons. The predicted octanol–water partition coefficient (Wildman–Crippen LogP) is 4.94. The number of nitrogens with zero attached hydrogens (tertiary/aromatic N) is 3. The van der Waals surface area contributed by atoms with Crippen LogP contribution >= 0.6 is 0 Å². The van der Waals surface area contributed by atoms with Crippen LogP contribution in [0.25, 0.3) is 10.9 Å². The second-order valence-electron chi connectivity index (χ2n) is 9.03. The van der Waals surface area contributed by atoms with Crippen LogP contribution in [0, 0.1) is 24.2 Å². The van der Waals surface area contributed by atoms with Crippen LogP contribution in [0.4, 0.5) is 11.5 Å². The summed E-state index contributed by atoms with van der Waals surface area (Å²) in [6.45, 7) is 1.83. The number of hydrogen-bond donors (Lipinski definition) is 1. The molecule has 3 aromatic rings. The molecule has 2 atom stereocenters. The van der Waals surface area contributed by atoms with Crippen molar-refractivity contribution in [2.45, 2.75) is 38.5 Å². The van der Waals surface area contributed by atoms with Crippen LogP contribution in [-0.4, -0.2) is 33.9 Å². The summed E-state index contributed by atoms with van der Waals surface area (Å²) in [4.78, 5) is 24.0. The summed E-state index contributed by atoms with van der Waals surface area (Å²) in [5.74, 6) is 5.11. The number of anilines is 2. The Balaban J connectivity index is 1.34. The minimum absolute atomic E-state index is 0.224. The number of hydrogen-bond acceptors (Lipinski definition) is 4. The number of carbonyl (C=O) groups is 1. The minimum Gasteiger partial charge on any atom is -0.342 e. The maximum absolute atomic E-state index is 13.1. The van der Waals surface area contributed by atoms with Gasteiger partial charge in [-0.1, -0.05) is 37.3 Å². The number of likely N-dealkylation sites (tertiary alicyclic amines) is 1. The van der Waals surface area contributed by atoms with Gasteiger partial charge in [-0.15, -0.1) is 6.42 Å². The number of terminal acetylenes is 1. The van der Waals surface area contributed by atoms with Crippen LogP contribution in [0.3, 0.4) is 0 Å². The van der Waals surface area contributed by atoms with Crippen molar-refractivity contribution in [2.75, 3.05) is 18.4 Å². The van der Waals surface area contributed by atoms with Gasteiger partial charge in [-0.05, 0) is 60.6 Å². The quantitative estimate of drug-likeness (QED) is 0.603. The molecule has 2 unspecified atom stereocenters. The molecule has 1 aromatic heterocycles. The van der Waals surface area contributed by atoms with E-state index in [1.54, 1.807) is 6.33 Å². The monoisotopic (exact) mass is 424 g/mol. The molecule has 1 N–H and O–H groups in total. The fourth-order valence-corrected chi connectivity index (χ4v) is 5.25. The van der Waals surface area contributed by atoms with Gasteiger partial charge in [-0.25, -0.2) is 9.97 Å². The van der Waals surface area contributed by atoms with Crippen molar-refractivity contribution in [2.24, 2.45) is 11.8 Å². The molecule has 1 aliphatic carbocycles. The van der Waals surface area contributed by atoms with E-state index in [0.717, 1.165) is 53.1 Å². The number of nitrogens with one attached hydrogen (secondary N) is 1. The molecular formula is C27H28N4O. The normalized spacial score (nSPS) is 20.4. The maximum atomic E-state index is 13.1. The van der Waals surface area contributed by atoms with Gasteiger partial charge in [-0.3, -0.25) is 4.79 Å². The molecule has 2 aliphatic rings. The zero-order valence-corrected chi connectivity index (χ0v) is 18.3. The van der Waals surface area contributed by atoms with Crippen molar-refractivity contribution in [1.29, 1.82) is 0 Å². The Morgan fingerprint density at radius 1 is 1.09 bits per heavy atom. The van der Waals surface area contributed by atoms with Crippen LogP contribution in [0.5, 0.6) is 0 Å². The van der Waals surface area contributed by atoms with Crippen LogP contribution in [0.15, 0.2) is 48.8 Å². The van der Waals surface area contributed by atoms with Gasteiger partial charge in [0, 0.05) is 29.7 Å². The molecule has 1 saturated heterocycles. The molecule has 2 heterocycles. The summed E-state index contributed by atoms with van der Waals surface area (Å²) in [6.07, 6.45) is 13.9. The molecule has 1 aliphatic heterocycles. The Morgan fingerprint density at radius 3 is 2.84 bits per heavy atom. The van der Waals surface area contributed by atoms with Gasteiger partial charge in [0.25, 0.3) is 0 Å². The lowest BCUT2D eigenvalue weighted by molar-refractivity contribution is -0.133. The number of rotatable bonds is 4. The Morgan fingerprint density at radius 2 is 1.97 bits per heavy atom. The van der Waals surface area contributed by atoms with Crippen LogP contribution in [-0.2, 0) is 11.2 Å². The first kappa shape index (κ1) is 20.5. The number of amides is 1. The summed E-state index contributed by atoms with van der Waals surface area (Å²) in [5.41, 5.74) is 3.51. The standard InChI is InChI=1S/C27H28N4O/c1-2-19-6-5-9-23(14-19)30-27-24-15-20(10-11-25(24)28-18-29-27)16-26(32)31-13-12-21-7-3-4-8-22(21)17-31/h1,5-6,9-11,14-15,18,21-22H,3-4,7-8,12-13,16-17H2,(H,28,29,30). The third-order valence-corrected chi connectivity index (χ3v) is 6.99. The minimum atomic E-state index is 0.224. The molecule has 1 saturated carbocycles. The molecule has 5 nitrogen and oxygen atoms in total. The molecule has 162 valence electrons. The molecule has 0 spiro atoms. The smallest absolute Gasteiger partial charge is 0.226 e. The van der Waals surface area contributed by atoms with E-state index in [1.807, 2.05) is 42.5 Å². The van der Waals surface area contributed by atoms with Crippen molar-refractivity contribution in [3.8, 4) is 12.3 Å². The van der Waals surface area contributed by atoms with Crippen molar-refractivity contribution in [3.63, 3.8) is 0 Å². The molecule has 2 aromatic carbocycles. The molecule has 1 amide bonds. The van der Waals surface area contributed by atoms with Crippen molar-refractivity contribution < 1.29 is 4.79 Å². The Labute approximate surface area is 189 Å². The lowest BCUT2D eigenvalue weighted by Gasteiger charge is -2.41. The average Bonchev–Trinajstić information content (AvgIpc) is 2.84. The lowest BCUT2D eigenvalue weighted by atomic mass is 9.75. The van der Waals surface area contributed by atoms with E-state index in [4.69, 9.17) is 6.42 Å². The van der Waals surface area contributed by atoms with Crippen molar-refractivity contribution in [1.82, 2.24) is 14.9 Å². The highest BCUT2D eigenvalue weighted by molar-refractivity contribution is 5.92. The Hall–Kier alpha value is -3.39. The molecule has 2 fully saturated rings. The highest BCUT2D eigenvalue weighted by Crippen LogP contribution is 2.36. The van der Waals surface area contributed by atoms with Gasteiger partial charge in [0.1, 0.15) is 12.1 Å². The number of benzene rings is 2. The van der Waals surface area contributed by atoms with Crippen LogP contribution < -0.4 is 5.32 Å². The van der Waals surface area contributed by atoms with Gasteiger partial charge in [0.15, 0.2) is 0 Å². The Bertz CT molecular complexity index is 1180. The lowest BCUT2D eigenvalue weighted by Crippen LogP contribution is -2.45. The molecule has 5 rings (SSSR count). The summed E-state index contributed by atoms with van der Waals surface area (Å²) in [5, 5.41) is 4.25. The molecular weight excluding hydrogens is 396 g/mol. The fourth-order valence-electron chi connectivity index (χ4n) is 5.25. The fraction of sp³-hybridized carbons (Fsp3) is 0.370. The zero-order chi connectivity index (χ0) is 21.9. The highest BCUT2D eigenvalue weighted by Gasteiger charge is 2.32. The number of aromatic nitrogens is 2. The molecule has 0 bridgehead atoms. The summed E-state index contributed by atoms with van der Waals surface area (Å²) < 4.78 is 0. The topological polar surface area (TPSA) is 58.1 Å². The molecule has 32 heavy (non-hydrogen) atoms. The van der Waals surface area contributed by atoms with Gasteiger partial charge < -0.3 is 10.2 Å². The summed E-state index contributed by atoms with van der Waals surface area (Å²) in [6, 6.07) is 13.7. The van der Waals surface area contributed by atoms with Crippen molar-refractivity contribution in [3.05, 3.63) is 59.9 Å². The van der Waals surface area contributed by atoms with E-state index in [-0.39, 0.29) is 5.91 Å². The average molecular weight is 425 g/mol. The largest absolute Gasteiger partial charge is 0.342 e. The summed E-state index contributed by atoms with van der Waals surface area (Å²) >= 11 is 0. The van der Waals surface area contributed by atoms with Crippen LogP contribution in [0.1, 0.15) is 43.2 Å². The first-order valence-electron chi connectivity index (χ1n) is 11.5. The van der Waals surface area contributed by atoms with Crippen LogP contribution in [0.2, 0.25) is 0 Å². The van der Waals surface area contributed by atoms with E-state index in [0.29, 0.717) is 18.2 Å². The van der Waals surface area contributed by atoms with Gasteiger partial charge in [0.05, 0.1) is 11.9 Å². The van der Waals surface area contributed by atoms with E-state index in [9.17, 15) is 4.79 Å². The number of carbonyl (C=O) groups excluding carboxylic acids is 1. The van der Waals surface area contributed by atoms with Crippen molar-refractivity contribution >= 4 is 28.3 Å². The maximum Gasteiger partial charge on any atom is 0.226 e. The Kier molecular flexibility index (Phi) is 5.77. The third-order valence-electron chi connectivity index (χ3n) is 6.99. The van der Waals surface area contributed by atoms with Gasteiger partial charge in [0.2, 0.25) is 5.91 Å². The first-order valence-corrected chi connectivity index (χ1v) is 11.5. The first-order chi connectivity index (χ1) is 15.7. The van der Waals surface area contributed by atoms with E-state index >= 15 is 0 Å². The second kappa shape index (κ2) is 9.00. The number of fused-ring (bicyclic) bond motifs is 2. The summed E-state index contributed by atoms with van der Waals surface area (Å²) in [7, 11) is 0. The number of piperidine rings is 1. The van der Waals surface area contributed by atoms with Gasteiger partial charge in [-0.2, -0.15) is 0 Å². The highest BCUT2D eigenvalue weighted by atomic mass is 16.2. The van der Waals surface area contributed by atoms with E-state index in [1.165, 1.54) is 25.7 Å². The molecule has 5 heteroatoms.